The predicted octanol–water partition coefficient (Wildman–Crippen LogP) is 2.90. The minimum Gasteiger partial charge on any atom is -0.330 e. The summed E-state index contributed by atoms with van der Waals surface area (Å²) in [4.78, 5) is 2.58. The van der Waals surface area contributed by atoms with Crippen molar-refractivity contribution in [2.75, 3.05) is 19.6 Å². The molecule has 1 aliphatic rings. The molecule has 0 radical (unpaired) electrons. The second-order valence-electron chi connectivity index (χ2n) is 5.03. The summed E-state index contributed by atoms with van der Waals surface area (Å²) in [6, 6.07) is 11.2. The molecule has 1 saturated heterocycles. The van der Waals surface area contributed by atoms with E-state index in [1.807, 2.05) is 0 Å². The number of nitrogens with zero attached hydrogens (tertiary/aromatic N) is 1. The quantitative estimate of drug-likeness (QED) is 0.863. The Balaban J connectivity index is 1.86. The number of rotatable bonds is 5. The van der Waals surface area contributed by atoms with Crippen LogP contribution in [0.25, 0.3) is 6.08 Å². The lowest BCUT2D eigenvalue weighted by atomic mass is 9.99. The van der Waals surface area contributed by atoms with Crippen LogP contribution in [0.5, 0.6) is 0 Å². The van der Waals surface area contributed by atoms with Crippen LogP contribution in [-0.4, -0.2) is 30.6 Å². The van der Waals surface area contributed by atoms with Gasteiger partial charge in [0.15, 0.2) is 0 Å². The third kappa shape index (κ3) is 3.97. The molecule has 2 heteroatoms. The first-order chi connectivity index (χ1) is 8.90. The minimum absolute atomic E-state index is 0.698. The number of benzene rings is 1. The highest BCUT2D eigenvalue weighted by Gasteiger charge is 2.19. The van der Waals surface area contributed by atoms with Crippen molar-refractivity contribution in [3.05, 3.63) is 42.0 Å². The van der Waals surface area contributed by atoms with E-state index in [0.29, 0.717) is 6.04 Å². The van der Waals surface area contributed by atoms with Crippen molar-refractivity contribution in [2.45, 2.75) is 31.7 Å². The lowest BCUT2D eigenvalue weighted by Crippen LogP contribution is -2.40. The van der Waals surface area contributed by atoms with Crippen molar-refractivity contribution in [3.63, 3.8) is 0 Å². The van der Waals surface area contributed by atoms with Crippen LogP contribution in [-0.2, 0) is 0 Å². The van der Waals surface area contributed by atoms with Gasteiger partial charge in [-0.05, 0) is 37.9 Å². The van der Waals surface area contributed by atoms with Crippen LogP contribution in [0.4, 0.5) is 0 Å². The van der Waals surface area contributed by atoms with E-state index < -0.39 is 0 Å². The summed E-state index contributed by atoms with van der Waals surface area (Å²) in [7, 11) is 0. The first kappa shape index (κ1) is 13.3. The number of likely N-dealkylation sites (tertiary alicyclic amines) is 1. The first-order valence-corrected chi connectivity index (χ1v) is 7.06. The van der Waals surface area contributed by atoms with E-state index in [4.69, 9.17) is 5.73 Å². The van der Waals surface area contributed by atoms with Gasteiger partial charge in [0, 0.05) is 12.6 Å². The van der Waals surface area contributed by atoms with Crippen molar-refractivity contribution in [2.24, 2.45) is 5.73 Å². The predicted molar refractivity (Wildman–Crippen MR) is 78.4 cm³/mol. The Bertz CT molecular complexity index is 357. The van der Waals surface area contributed by atoms with Gasteiger partial charge in [-0.1, -0.05) is 48.9 Å². The molecule has 1 fully saturated rings. The number of hydrogen-bond acceptors (Lipinski definition) is 2. The van der Waals surface area contributed by atoms with E-state index in [-0.39, 0.29) is 0 Å². The maximum Gasteiger partial charge on any atom is 0.0169 e. The maximum atomic E-state index is 5.70. The average molecular weight is 244 g/mol. The summed E-state index contributed by atoms with van der Waals surface area (Å²) in [5.74, 6) is 0. The highest BCUT2D eigenvalue weighted by Crippen LogP contribution is 2.19. The molecule has 0 bridgehead atoms. The molecule has 1 aromatic rings. The van der Waals surface area contributed by atoms with Crippen LogP contribution in [0, 0.1) is 0 Å². The Morgan fingerprint density at radius 1 is 1.22 bits per heavy atom. The number of piperidine rings is 1. The Hall–Kier alpha value is -1.12. The average Bonchev–Trinajstić information content (AvgIpc) is 2.42. The van der Waals surface area contributed by atoms with Gasteiger partial charge in [0.1, 0.15) is 0 Å². The van der Waals surface area contributed by atoms with Crippen molar-refractivity contribution < 1.29 is 0 Å². The van der Waals surface area contributed by atoms with E-state index >= 15 is 0 Å². The molecule has 18 heavy (non-hydrogen) atoms. The molecule has 0 aliphatic carbocycles. The van der Waals surface area contributed by atoms with E-state index in [0.717, 1.165) is 19.5 Å². The van der Waals surface area contributed by atoms with Crippen LogP contribution >= 0.6 is 0 Å². The van der Waals surface area contributed by atoms with Crippen LogP contribution in [0.2, 0.25) is 0 Å². The van der Waals surface area contributed by atoms with Gasteiger partial charge in [0.25, 0.3) is 0 Å². The smallest absolute Gasteiger partial charge is 0.0169 e. The molecular formula is C16H24N2. The fourth-order valence-corrected chi connectivity index (χ4v) is 2.71. The lowest BCUT2D eigenvalue weighted by molar-refractivity contribution is 0.158. The van der Waals surface area contributed by atoms with Crippen molar-refractivity contribution in [1.82, 2.24) is 4.90 Å². The third-order valence-corrected chi connectivity index (χ3v) is 3.70. The molecular weight excluding hydrogens is 220 g/mol. The van der Waals surface area contributed by atoms with Gasteiger partial charge in [0.05, 0.1) is 0 Å². The molecule has 0 spiro atoms. The van der Waals surface area contributed by atoms with Gasteiger partial charge in [-0.2, -0.15) is 0 Å². The largest absolute Gasteiger partial charge is 0.330 e. The number of hydrogen-bond donors (Lipinski definition) is 1. The number of nitrogens with two attached hydrogens (primary N) is 1. The van der Waals surface area contributed by atoms with Gasteiger partial charge >= 0.3 is 0 Å². The monoisotopic (exact) mass is 244 g/mol. The summed E-state index contributed by atoms with van der Waals surface area (Å²) in [5, 5.41) is 0. The van der Waals surface area contributed by atoms with Gasteiger partial charge in [0.2, 0.25) is 0 Å². The Kier molecular flexibility index (Phi) is 5.43. The SMILES string of the molecule is NCCC1CCCCN1C/C=C/c1ccccc1. The summed E-state index contributed by atoms with van der Waals surface area (Å²) in [5.41, 5.74) is 6.98. The normalized spacial score (nSPS) is 21.5. The second-order valence-corrected chi connectivity index (χ2v) is 5.03. The standard InChI is InChI=1S/C16H24N2/c17-12-11-16-10-4-5-13-18(16)14-6-9-15-7-2-1-3-8-15/h1-3,6-9,16H,4-5,10-14,17H2/b9-6+. The van der Waals surface area contributed by atoms with Gasteiger partial charge in [-0.25, -0.2) is 0 Å². The molecule has 2 rings (SSSR count). The van der Waals surface area contributed by atoms with Gasteiger partial charge in [-0.15, -0.1) is 0 Å². The Morgan fingerprint density at radius 2 is 2.06 bits per heavy atom. The van der Waals surface area contributed by atoms with E-state index in [2.05, 4.69) is 47.4 Å². The zero-order chi connectivity index (χ0) is 12.6. The van der Waals surface area contributed by atoms with E-state index in [1.54, 1.807) is 0 Å². The Morgan fingerprint density at radius 3 is 2.83 bits per heavy atom. The zero-order valence-electron chi connectivity index (χ0n) is 11.1. The summed E-state index contributed by atoms with van der Waals surface area (Å²) >= 11 is 0. The van der Waals surface area contributed by atoms with Crippen molar-refractivity contribution in [3.8, 4) is 0 Å². The second kappa shape index (κ2) is 7.34. The molecule has 1 atom stereocenters. The van der Waals surface area contributed by atoms with Crippen molar-refractivity contribution in [1.29, 1.82) is 0 Å². The molecule has 1 heterocycles. The topological polar surface area (TPSA) is 29.3 Å². The summed E-state index contributed by atoms with van der Waals surface area (Å²) in [6.45, 7) is 3.09. The third-order valence-electron chi connectivity index (χ3n) is 3.70. The van der Waals surface area contributed by atoms with Crippen LogP contribution in [0.3, 0.4) is 0 Å². The molecule has 1 aromatic carbocycles. The highest BCUT2D eigenvalue weighted by atomic mass is 15.2. The molecule has 98 valence electrons. The minimum atomic E-state index is 0.698. The fraction of sp³-hybridized carbons (Fsp3) is 0.500. The maximum absolute atomic E-state index is 5.70. The van der Waals surface area contributed by atoms with E-state index in [9.17, 15) is 0 Å². The van der Waals surface area contributed by atoms with Crippen molar-refractivity contribution >= 4 is 6.08 Å². The molecule has 1 unspecified atom stereocenters. The van der Waals surface area contributed by atoms with Crippen LogP contribution < -0.4 is 5.73 Å². The molecule has 1 aliphatic heterocycles. The summed E-state index contributed by atoms with van der Waals surface area (Å²) < 4.78 is 0. The molecule has 0 amide bonds. The van der Waals surface area contributed by atoms with Gasteiger partial charge in [-0.3, -0.25) is 4.90 Å². The van der Waals surface area contributed by atoms with Gasteiger partial charge < -0.3 is 5.73 Å². The van der Waals surface area contributed by atoms with E-state index in [1.165, 1.54) is 31.4 Å². The Labute approximate surface area is 110 Å². The fourth-order valence-electron chi connectivity index (χ4n) is 2.71. The molecule has 0 aromatic heterocycles. The molecule has 2 N–H and O–H groups in total. The zero-order valence-corrected chi connectivity index (χ0v) is 11.1. The van der Waals surface area contributed by atoms with Crippen LogP contribution in [0.15, 0.2) is 36.4 Å². The lowest BCUT2D eigenvalue weighted by Gasteiger charge is -2.34. The molecule has 0 saturated carbocycles. The highest BCUT2D eigenvalue weighted by molar-refractivity contribution is 5.48. The molecule has 2 nitrogen and oxygen atoms in total. The van der Waals surface area contributed by atoms with Crippen LogP contribution in [0.1, 0.15) is 31.2 Å². The summed E-state index contributed by atoms with van der Waals surface area (Å²) in [6.07, 6.45) is 9.65. The first-order valence-electron chi connectivity index (χ1n) is 7.06.